The van der Waals surface area contributed by atoms with Crippen LogP contribution in [0.25, 0.3) is 0 Å². The molecule has 1 nitrogen and oxygen atoms in total. The molecule has 0 aromatic heterocycles. The normalized spacial score (nSPS) is 12.4. The van der Waals surface area contributed by atoms with Crippen molar-refractivity contribution in [2.75, 3.05) is 6.54 Å². The van der Waals surface area contributed by atoms with E-state index in [1.54, 1.807) is 0 Å². The third kappa shape index (κ3) is 6.58. The zero-order valence-corrected chi connectivity index (χ0v) is 12.8. The minimum Gasteiger partial charge on any atom is -0.314 e. The first-order valence-corrected chi connectivity index (χ1v) is 7.57. The molecule has 0 saturated carbocycles. The van der Waals surface area contributed by atoms with Crippen molar-refractivity contribution < 1.29 is 0 Å². The van der Waals surface area contributed by atoms with Gasteiger partial charge in [0, 0.05) is 6.04 Å². The lowest BCUT2D eigenvalue weighted by atomic mass is 9.98. The molecule has 0 aliphatic heterocycles. The van der Waals surface area contributed by atoms with Crippen LogP contribution in [-0.2, 0) is 6.42 Å². The Labute approximate surface area is 119 Å². The van der Waals surface area contributed by atoms with E-state index in [9.17, 15) is 0 Å². The quantitative estimate of drug-likeness (QED) is 0.506. The molecule has 19 heavy (non-hydrogen) atoms. The van der Waals surface area contributed by atoms with Gasteiger partial charge in [0.15, 0.2) is 0 Å². The van der Waals surface area contributed by atoms with Gasteiger partial charge in [0.2, 0.25) is 0 Å². The van der Waals surface area contributed by atoms with E-state index < -0.39 is 0 Å². The minimum absolute atomic E-state index is 0.598. The van der Waals surface area contributed by atoms with E-state index in [0.29, 0.717) is 6.04 Å². The van der Waals surface area contributed by atoms with Crippen LogP contribution >= 0.6 is 0 Å². The lowest BCUT2D eigenvalue weighted by Gasteiger charge is -2.19. The van der Waals surface area contributed by atoms with Crippen molar-refractivity contribution in [1.82, 2.24) is 5.32 Å². The average Bonchev–Trinajstić information content (AvgIpc) is 2.34. The molecule has 0 amide bonds. The minimum atomic E-state index is 0.598. The molecule has 0 aliphatic rings. The summed E-state index contributed by atoms with van der Waals surface area (Å²) in [6, 6.07) is 7.49. The highest BCUT2D eigenvalue weighted by atomic mass is 14.9. The third-order valence-corrected chi connectivity index (χ3v) is 3.41. The molecule has 1 rings (SSSR count). The van der Waals surface area contributed by atoms with Crippen molar-refractivity contribution in [1.29, 1.82) is 0 Å². The molecule has 1 aromatic carbocycles. The summed E-state index contributed by atoms with van der Waals surface area (Å²) in [5.41, 5.74) is 4.20. The molecule has 0 radical (unpaired) electrons. The van der Waals surface area contributed by atoms with E-state index >= 15 is 0 Å². The van der Waals surface area contributed by atoms with E-state index in [1.165, 1.54) is 36.0 Å². The maximum Gasteiger partial charge on any atom is 0.0108 e. The number of rotatable bonds is 9. The summed E-state index contributed by atoms with van der Waals surface area (Å²) < 4.78 is 0. The van der Waals surface area contributed by atoms with Gasteiger partial charge < -0.3 is 5.32 Å². The van der Waals surface area contributed by atoms with Gasteiger partial charge in [-0.25, -0.2) is 0 Å². The first-order valence-electron chi connectivity index (χ1n) is 7.57. The number of hydrogen-bond acceptors (Lipinski definition) is 1. The van der Waals surface area contributed by atoms with Gasteiger partial charge in [-0.1, -0.05) is 42.3 Å². The molecular formula is C18H29N. The van der Waals surface area contributed by atoms with Gasteiger partial charge in [-0.05, 0) is 58.1 Å². The second-order valence-electron chi connectivity index (χ2n) is 5.57. The molecule has 106 valence electrons. The Hall–Kier alpha value is -1.08. The maximum atomic E-state index is 3.81. The molecule has 0 saturated heterocycles. The van der Waals surface area contributed by atoms with Crippen molar-refractivity contribution in [3.05, 3.63) is 47.5 Å². The second kappa shape index (κ2) is 8.92. The van der Waals surface area contributed by atoms with Crippen LogP contribution < -0.4 is 5.32 Å². The fourth-order valence-corrected chi connectivity index (χ4v) is 2.60. The largest absolute Gasteiger partial charge is 0.314 e. The summed E-state index contributed by atoms with van der Waals surface area (Å²) in [6.45, 7) is 11.5. The third-order valence-electron chi connectivity index (χ3n) is 3.41. The van der Waals surface area contributed by atoms with Crippen LogP contribution in [0.1, 0.15) is 49.3 Å². The van der Waals surface area contributed by atoms with E-state index in [4.69, 9.17) is 0 Å². The molecule has 0 spiro atoms. The van der Waals surface area contributed by atoms with Crippen LogP contribution in [0.15, 0.2) is 30.9 Å². The van der Waals surface area contributed by atoms with Gasteiger partial charge in [-0.15, -0.1) is 6.58 Å². The second-order valence-corrected chi connectivity index (χ2v) is 5.57. The lowest BCUT2D eigenvalue weighted by molar-refractivity contribution is 0.466. The van der Waals surface area contributed by atoms with Crippen LogP contribution in [0, 0.1) is 13.8 Å². The van der Waals surface area contributed by atoms with Gasteiger partial charge in [0.05, 0.1) is 0 Å². The van der Waals surface area contributed by atoms with Gasteiger partial charge in [0.1, 0.15) is 0 Å². The van der Waals surface area contributed by atoms with Crippen LogP contribution in [0.5, 0.6) is 0 Å². The van der Waals surface area contributed by atoms with Gasteiger partial charge >= 0.3 is 0 Å². The highest BCUT2D eigenvalue weighted by molar-refractivity contribution is 5.29. The Morgan fingerprint density at radius 1 is 1.21 bits per heavy atom. The summed E-state index contributed by atoms with van der Waals surface area (Å²) in [6.07, 6.45) is 7.95. The molecule has 1 N–H and O–H groups in total. The number of allylic oxidation sites excluding steroid dienone is 1. The van der Waals surface area contributed by atoms with Crippen molar-refractivity contribution in [3.63, 3.8) is 0 Å². The number of hydrogen-bond donors (Lipinski definition) is 1. The number of aryl methyl sites for hydroxylation is 2. The first kappa shape index (κ1) is 16.0. The van der Waals surface area contributed by atoms with E-state index in [1.807, 2.05) is 6.08 Å². The Kier molecular flexibility index (Phi) is 7.50. The molecule has 0 heterocycles. The molecule has 0 fully saturated rings. The van der Waals surface area contributed by atoms with Crippen molar-refractivity contribution >= 4 is 0 Å². The van der Waals surface area contributed by atoms with E-state index in [2.05, 4.69) is 50.9 Å². The molecule has 1 heteroatoms. The van der Waals surface area contributed by atoms with Gasteiger partial charge in [-0.3, -0.25) is 0 Å². The Bertz CT molecular complexity index is 361. The lowest BCUT2D eigenvalue weighted by Crippen LogP contribution is -2.31. The van der Waals surface area contributed by atoms with Crippen LogP contribution in [0.3, 0.4) is 0 Å². The maximum absolute atomic E-state index is 3.81. The molecule has 1 aromatic rings. The average molecular weight is 259 g/mol. The first-order chi connectivity index (χ1) is 9.15. The van der Waals surface area contributed by atoms with E-state index in [0.717, 1.165) is 19.4 Å². The standard InChI is InChI=1S/C18H29N/c1-5-7-8-9-18(19-10-6-2)14-17-12-15(3)11-16(4)13-17/h5,11-13,18-19H,1,6-10,14H2,2-4H3. The number of nitrogens with one attached hydrogen (secondary N) is 1. The predicted octanol–water partition coefficient (Wildman–Crippen LogP) is 4.57. The van der Waals surface area contributed by atoms with Crippen LogP contribution in [0.2, 0.25) is 0 Å². The van der Waals surface area contributed by atoms with Crippen molar-refractivity contribution in [2.45, 2.75) is 58.9 Å². The summed E-state index contributed by atoms with van der Waals surface area (Å²) >= 11 is 0. The Morgan fingerprint density at radius 3 is 2.47 bits per heavy atom. The number of unbranched alkanes of at least 4 members (excludes halogenated alkanes) is 1. The molecule has 1 atom stereocenters. The fraction of sp³-hybridized carbons (Fsp3) is 0.556. The smallest absolute Gasteiger partial charge is 0.0108 e. The zero-order valence-electron chi connectivity index (χ0n) is 12.8. The molecule has 1 unspecified atom stereocenters. The zero-order chi connectivity index (χ0) is 14.1. The SMILES string of the molecule is C=CCCCC(Cc1cc(C)cc(C)c1)NCCC. The molecular weight excluding hydrogens is 230 g/mol. The Morgan fingerprint density at radius 2 is 1.89 bits per heavy atom. The predicted molar refractivity (Wildman–Crippen MR) is 85.7 cm³/mol. The van der Waals surface area contributed by atoms with Crippen LogP contribution in [-0.4, -0.2) is 12.6 Å². The summed E-state index contributed by atoms with van der Waals surface area (Å²) in [4.78, 5) is 0. The van der Waals surface area contributed by atoms with Crippen molar-refractivity contribution in [2.24, 2.45) is 0 Å². The number of benzene rings is 1. The van der Waals surface area contributed by atoms with E-state index in [-0.39, 0.29) is 0 Å². The summed E-state index contributed by atoms with van der Waals surface area (Å²) in [5, 5.41) is 3.68. The summed E-state index contributed by atoms with van der Waals surface area (Å²) in [5.74, 6) is 0. The monoisotopic (exact) mass is 259 g/mol. The van der Waals surface area contributed by atoms with Gasteiger partial charge in [-0.2, -0.15) is 0 Å². The Balaban J connectivity index is 2.60. The van der Waals surface area contributed by atoms with Crippen molar-refractivity contribution in [3.8, 4) is 0 Å². The topological polar surface area (TPSA) is 12.0 Å². The highest BCUT2D eigenvalue weighted by Crippen LogP contribution is 2.13. The fourth-order valence-electron chi connectivity index (χ4n) is 2.60. The van der Waals surface area contributed by atoms with Gasteiger partial charge in [0.25, 0.3) is 0 Å². The summed E-state index contributed by atoms with van der Waals surface area (Å²) in [7, 11) is 0. The molecule has 0 aliphatic carbocycles. The highest BCUT2D eigenvalue weighted by Gasteiger charge is 2.09. The molecule has 0 bridgehead atoms. The van der Waals surface area contributed by atoms with Crippen LogP contribution in [0.4, 0.5) is 0 Å².